The minimum absolute atomic E-state index is 0.0551. The zero-order chi connectivity index (χ0) is 19.1. The third-order valence-electron chi connectivity index (χ3n) is 3.61. The van der Waals surface area contributed by atoms with Crippen LogP contribution in [0.4, 0.5) is 5.69 Å². The second-order valence-electron chi connectivity index (χ2n) is 5.87. The van der Waals surface area contributed by atoms with Crippen LogP contribution in [0.5, 0.6) is 5.75 Å². The van der Waals surface area contributed by atoms with Gasteiger partial charge in [-0.2, -0.15) is 0 Å². The quantitative estimate of drug-likeness (QED) is 0.720. The van der Waals surface area contributed by atoms with Crippen molar-refractivity contribution in [1.29, 1.82) is 0 Å². The van der Waals surface area contributed by atoms with Gasteiger partial charge in [0.1, 0.15) is 5.75 Å². The van der Waals surface area contributed by atoms with Crippen molar-refractivity contribution in [1.82, 2.24) is 10.2 Å². The third-order valence-corrected chi connectivity index (χ3v) is 4.90. The fourth-order valence-corrected chi connectivity index (χ4v) is 3.32. The molecule has 1 aromatic carbocycles. The van der Waals surface area contributed by atoms with E-state index in [1.54, 1.807) is 41.5 Å². The number of thiophene rings is 1. The van der Waals surface area contributed by atoms with E-state index in [0.29, 0.717) is 16.5 Å². The van der Waals surface area contributed by atoms with Gasteiger partial charge in [0.2, 0.25) is 11.8 Å². The highest BCUT2D eigenvalue weighted by atomic mass is 35.5. The first-order valence-electron chi connectivity index (χ1n) is 8.03. The van der Waals surface area contributed by atoms with Crippen molar-refractivity contribution in [3.05, 3.63) is 45.6 Å². The molecular weight excluding hydrogens is 374 g/mol. The summed E-state index contributed by atoms with van der Waals surface area (Å²) in [5.41, 5.74) is 0.495. The number of methoxy groups -OCH3 is 1. The Bertz CT molecular complexity index is 752. The molecule has 0 radical (unpaired) electrons. The lowest BCUT2D eigenvalue weighted by Crippen LogP contribution is -2.39. The molecule has 0 aliphatic carbocycles. The van der Waals surface area contributed by atoms with Gasteiger partial charge in [0.05, 0.1) is 31.9 Å². The molecule has 26 heavy (non-hydrogen) atoms. The summed E-state index contributed by atoms with van der Waals surface area (Å²) in [5.74, 6) is 0.127. The zero-order valence-electron chi connectivity index (χ0n) is 14.9. The van der Waals surface area contributed by atoms with Crippen LogP contribution in [0, 0.1) is 0 Å². The van der Waals surface area contributed by atoms with Gasteiger partial charge in [-0.3, -0.25) is 14.5 Å². The van der Waals surface area contributed by atoms with Crippen molar-refractivity contribution in [2.45, 2.75) is 13.0 Å². The first-order valence-corrected chi connectivity index (χ1v) is 9.29. The van der Waals surface area contributed by atoms with Crippen LogP contribution in [-0.2, 0) is 9.59 Å². The van der Waals surface area contributed by atoms with Gasteiger partial charge in [-0.1, -0.05) is 17.7 Å². The number of ether oxygens (including phenoxy) is 1. The van der Waals surface area contributed by atoms with Gasteiger partial charge in [0, 0.05) is 9.90 Å². The number of anilines is 1. The first kappa shape index (κ1) is 20.2. The molecule has 1 atom stereocenters. The van der Waals surface area contributed by atoms with Crippen molar-refractivity contribution in [2.24, 2.45) is 0 Å². The molecule has 2 amide bonds. The van der Waals surface area contributed by atoms with Crippen LogP contribution in [0.25, 0.3) is 0 Å². The van der Waals surface area contributed by atoms with Crippen LogP contribution in [0.2, 0.25) is 5.02 Å². The van der Waals surface area contributed by atoms with Crippen LogP contribution >= 0.6 is 22.9 Å². The third kappa shape index (κ3) is 6.01. The Kier molecular flexibility index (Phi) is 7.44. The summed E-state index contributed by atoms with van der Waals surface area (Å²) in [6.45, 7) is 2.12. The number of hydrogen-bond acceptors (Lipinski definition) is 5. The number of nitrogens with one attached hydrogen (secondary N) is 2. The molecule has 6 nitrogen and oxygen atoms in total. The number of amides is 2. The van der Waals surface area contributed by atoms with E-state index in [9.17, 15) is 9.59 Å². The van der Waals surface area contributed by atoms with Crippen molar-refractivity contribution in [3.63, 3.8) is 0 Å². The molecule has 2 aromatic rings. The minimum Gasteiger partial charge on any atom is -0.495 e. The molecule has 2 rings (SSSR count). The average Bonchev–Trinajstić information content (AvgIpc) is 3.09. The Morgan fingerprint density at radius 2 is 2.00 bits per heavy atom. The van der Waals surface area contributed by atoms with E-state index >= 15 is 0 Å². The lowest BCUT2D eigenvalue weighted by Gasteiger charge is -2.18. The standard InChI is InChI=1S/C18H22ClN3O3S/c1-12(16-5-4-8-26-16)20-17(23)10-22(2)11-18(24)21-14-9-13(19)6-7-15(14)25-3/h4-9,12H,10-11H2,1-3H3,(H,20,23)(H,21,24)/t12-/m0/s1. The highest BCUT2D eigenvalue weighted by Gasteiger charge is 2.15. The smallest absolute Gasteiger partial charge is 0.238 e. The molecule has 0 fully saturated rings. The number of benzene rings is 1. The van der Waals surface area contributed by atoms with E-state index in [0.717, 1.165) is 4.88 Å². The van der Waals surface area contributed by atoms with Crippen LogP contribution < -0.4 is 15.4 Å². The summed E-state index contributed by atoms with van der Waals surface area (Å²) in [5, 5.41) is 8.14. The fraction of sp³-hybridized carbons (Fsp3) is 0.333. The maximum atomic E-state index is 12.2. The number of hydrogen-bond donors (Lipinski definition) is 2. The van der Waals surface area contributed by atoms with E-state index in [1.807, 2.05) is 24.4 Å². The van der Waals surface area contributed by atoms with Gasteiger partial charge in [-0.25, -0.2) is 0 Å². The molecule has 0 saturated carbocycles. The Balaban J connectivity index is 1.83. The van der Waals surface area contributed by atoms with E-state index in [1.165, 1.54) is 7.11 Å². The molecule has 0 bridgehead atoms. The van der Waals surface area contributed by atoms with Gasteiger partial charge >= 0.3 is 0 Å². The summed E-state index contributed by atoms with van der Waals surface area (Å²) >= 11 is 7.55. The monoisotopic (exact) mass is 395 g/mol. The number of rotatable bonds is 8. The lowest BCUT2D eigenvalue weighted by molar-refractivity contribution is -0.123. The Morgan fingerprint density at radius 1 is 1.27 bits per heavy atom. The van der Waals surface area contributed by atoms with Crippen LogP contribution in [0.3, 0.4) is 0 Å². The molecule has 0 saturated heterocycles. The summed E-state index contributed by atoms with van der Waals surface area (Å²) in [7, 11) is 3.23. The second kappa shape index (κ2) is 9.56. The summed E-state index contributed by atoms with van der Waals surface area (Å²) < 4.78 is 5.20. The number of carbonyl (C=O) groups is 2. The highest BCUT2D eigenvalue weighted by Crippen LogP contribution is 2.27. The van der Waals surface area contributed by atoms with Gasteiger partial charge in [0.15, 0.2) is 0 Å². The number of likely N-dealkylation sites (N-methyl/N-ethyl adjacent to an activating group) is 1. The average molecular weight is 396 g/mol. The lowest BCUT2D eigenvalue weighted by atomic mass is 10.2. The molecule has 8 heteroatoms. The molecule has 1 aromatic heterocycles. The van der Waals surface area contributed by atoms with Crippen molar-refractivity contribution in [2.75, 3.05) is 32.6 Å². The van der Waals surface area contributed by atoms with Crippen molar-refractivity contribution in [3.8, 4) is 5.75 Å². The zero-order valence-corrected chi connectivity index (χ0v) is 16.5. The maximum Gasteiger partial charge on any atom is 0.238 e. The number of nitrogens with zero attached hydrogens (tertiary/aromatic N) is 1. The molecule has 0 spiro atoms. The Hall–Kier alpha value is -2.09. The highest BCUT2D eigenvalue weighted by molar-refractivity contribution is 7.10. The Morgan fingerprint density at radius 3 is 2.65 bits per heavy atom. The van der Waals surface area contributed by atoms with Gasteiger partial charge < -0.3 is 15.4 Å². The normalized spacial score (nSPS) is 11.9. The molecule has 1 heterocycles. The van der Waals surface area contributed by atoms with Crippen molar-refractivity contribution < 1.29 is 14.3 Å². The second-order valence-corrected chi connectivity index (χ2v) is 7.29. The molecule has 0 aliphatic rings. The van der Waals surface area contributed by atoms with Crippen LogP contribution in [0.1, 0.15) is 17.8 Å². The van der Waals surface area contributed by atoms with Gasteiger partial charge in [-0.15, -0.1) is 11.3 Å². The van der Waals surface area contributed by atoms with Gasteiger partial charge in [0.25, 0.3) is 0 Å². The summed E-state index contributed by atoms with van der Waals surface area (Å²) in [6, 6.07) is 8.85. The van der Waals surface area contributed by atoms with E-state index in [4.69, 9.17) is 16.3 Å². The largest absolute Gasteiger partial charge is 0.495 e. The minimum atomic E-state index is -0.257. The number of carbonyl (C=O) groups excluding carboxylic acids is 2. The maximum absolute atomic E-state index is 12.2. The fourth-order valence-electron chi connectivity index (χ4n) is 2.41. The SMILES string of the molecule is COc1ccc(Cl)cc1NC(=O)CN(C)CC(=O)N[C@@H](C)c1cccs1. The molecule has 0 aliphatic heterocycles. The van der Waals surface area contributed by atoms with E-state index < -0.39 is 0 Å². The summed E-state index contributed by atoms with van der Waals surface area (Å²) in [4.78, 5) is 27.1. The predicted molar refractivity (Wildman–Crippen MR) is 105 cm³/mol. The molecular formula is C18H22ClN3O3S. The number of halogens is 1. The Labute approximate surface area is 162 Å². The molecule has 140 valence electrons. The predicted octanol–water partition coefficient (Wildman–Crippen LogP) is 3.16. The molecule has 2 N–H and O–H groups in total. The summed E-state index contributed by atoms with van der Waals surface area (Å²) in [6.07, 6.45) is 0. The van der Waals surface area contributed by atoms with Crippen LogP contribution in [0.15, 0.2) is 35.7 Å². The van der Waals surface area contributed by atoms with E-state index in [2.05, 4.69) is 10.6 Å². The van der Waals surface area contributed by atoms with Crippen LogP contribution in [-0.4, -0.2) is 44.0 Å². The van der Waals surface area contributed by atoms with Gasteiger partial charge in [-0.05, 0) is 43.6 Å². The van der Waals surface area contributed by atoms with Crippen molar-refractivity contribution >= 4 is 40.4 Å². The topological polar surface area (TPSA) is 70.7 Å². The first-order chi connectivity index (χ1) is 12.4. The molecule has 0 unspecified atom stereocenters. The van der Waals surface area contributed by atoms with E-state index in [-0.39, 0.29) is 30.9 Å².